The van der Waals surface area contributed by atoms with E-state index in [4.69, 9.17) is 17.3 Å². The maximum atomic E-state index is 12.5. The monoisotopic (exact) mass is 319 g/mol. The Morgan fingerprint density at radius 3 is 2.60 bits per heavy atom. The van der Waals surface area contributed by atoms with E-state index >= 15 is 0 Å². The molecule has 1 aromatic carbocycles. The van der Waals surface area contributed by atoms with E-state index in [2.05, 4.69) is 0 Å². The molecule has 0 saturated carbocycles. The molecular weight excluding hydrogens is 306 g/mol. The van der Waals surface area contributed by atoms with E-state index < -0.39 is 14.9 Å². The van der Waals surface area contributed by atoms with Crippen molar-refractivity contribution in [1.29, 1.82) is 0 Å². The van der Waals surface area contributed by atoms with Gasteiger partial charge in [0.05, 0.1) is 9.95 Å². The van der Waals surface area contributed by atoms with Crippen molar-refractivity contribution >= 4 is 27.3 Å². The average Bonchev–Trinajstić information content (AvgIpc) is 2.70. The summed E-state index contributed by atoms with van der Waals surface area (Å²) < 4.78 is 26.2. The number of nitro groups is 1. The SMILES string of the molecule is CC1CN(S(=O)(=O)c2cc([N+](=O)[O-])ccc2Cl)CC1N. The predicted octanol–water partition coefficient (Wildman–Crippen LogP) is 1.22. The molecule has 1 aliphatic rings. The first-order chi connectivity index (χ1) is 9.23. The van der Waals surface area contributed by atoms with Crippen LogP contribution in [0.5, 0.6) is 0 Å². The maximum Gasteiger partial charge on any atom is 0.270 e. The zero-order valence-electron chi connectivity index (χ0n) is 10.7. The smallest absolute Gasteiger partial charge is 0.270 e. The number of nitro benzene ring substituents is 1. The molecule has 110 valence electrons. The van der Waals surface area contributed by atoms with Gasteiger partial charge < -0.3 is 5.73 Å². The highest BCUT2D eigenvalue weighted by atomic mass is 35.5. The van der Waals surface area contributed by atoms with Gasteiger partial charge in [-0.15, -0.1) is 0 Å². The van der Waals surface area contributed by atoms with Crippen LogP contribution in [0.4, 0.5) is 5.69 Å². The molecule has 2 rings (SSSR count). The topological polar surface area (TPSA) is 107 Å². The van der Waals surface area contributed by atoms with Gasteiger partial charge in [-0.05, 0) is 12.0 Å². The van der Waals surface area contributed by atoms with Crippen LogP contribution in [-0.2, 0) is 10.0 Å². The quantitative estimate of drug-likeness (QED) is 0.665. The average molecular weight is 320 g/mol. The van der Waals surface area contributed by atoms with Gasteiger partial charge >= 0.3 is 0 Å². The highest BCUT2D eigenvalue weighted by Crippen LogP contribution is 2.31. The van der Waals surface area contributed by atoms with Crippen LogP contribution in [0, 0.1) is 16.0 Å². The predicted molar refractivity (Wildman–Crippen MR) is 74.0 cm³/mol. The Kier molecular flexibility index (Phi) is 4.01. The van der Waals surface area contributed by atoms with Gasteiger partial charge in [0, 0.05) is 31.3 Å². The third-order valence-electron chi connectivity index (χ3n) is 3.38. The number of nitrogens with zero attached hydrogens (tertiary/aromatic N) is 2. The summed E-state index contributed by atoms with van der Waals surface area (Å²) in [5.74, 6) is 0.0299. The lowest BCUT2D eigenvalue weighted by atomic mass is 10.1. The summed E-state index contributed by atoms with van der Waals surface area (Å²) in [5.41, 5.74) is 5.50. The second-order valence-electron chi connectivity index (χ2n) is 4.83. The van der Waals surface area contributed by atoms with E-state index in [0.717, 1.165) is 6.07 Å². The van der Waals surface area contributed by atoms with Crippen LogP contribution in [0.25, 0.3) is 0 Å². The largest absolute Gasteiger partial charge is 0.326 e. The normalized spacial score (nSPS) is 23.9. The summed E-state index contributed by atoms with van der Waals surface area (Å²) in [4.78, 5) is 9.84. The maximum absolute atomic E-state index is 12.5. The van der Waals surface area contributed by atoms with Crippen LogP contribution in [0.2, 0.25) is 5.02 Å². The van der Waals surface area contributed by atoms with E-state index in [9.17, 15) is 18.5 Å². The summed E-state index contributed by atoms with van der Waals surface area (Å²) in [5, 5.41) is 10.7. The van der Waals surface area contributed by atoms with Crippen molar-refractivity contribution in [3.63, 3.8) is 0 Å². The van der Waals surface area contributed by atoms with Crippen LogP contribution in [0.3, 0.4) is 0 Å². The fraction of sp³-hybridized carbons (Fsp3) is 0.455. The molecule has 9 heteroatoms. The van der Waals surface area contributed by atoms with Gasteiger partial charge in [0.2, 0.25) is 10.0 Å². The Morgan fingerprint density at radius 1 is 1.45 bits per heavy atom. The number of benzene rings is 1. The highest BCUT2D eigenvalue weighted by molar-refractivity contribution is 7.89. The molecule has 0 spiro atoms. The molecule has 1 aliphatic heterocycles. The number of hydrogen-bond acceptors (Lipinski definition) is 5. The minimum Gasteiger partial charge on any atom is -0.326 e. The lowest BCUT2D eigenvalue weighted by Crippen LogP contribution is -2.32. The molecule has 7 nitrogen and oxygen atoms in total. The number of sulfonamides is 1. The standard InChI is InChI=1S/C11H14ClN3O4S/c1-7-5-14(6-10(7)13)20(18,19)11-4-8(15(16)17)2-3-9(11)12/h2-4,7,10H,5-6,13H2,1H3. The molecule has 0 radical (unpaired) electrons. The molecule has 1 fully saturated rings. The van der Waals surface area contributed by atoms with Gasteiger partial charge in [0.25, 0.3) is 5.69 Å². The number of hydrogen-bond donors (Lipinski definition) is 1. The van der Waals surface area contributed by atoms with E-state index in [-0.39, 0.29) is 40.7 Å². The van der Waals surface area contributed by atoms with Crippen molar-refractivity contribution in [2.45, 2.75) is 17.9 Å². The zero-order valence-corrected chi connectivity index (χ0v) is 12.3. The Hall–Kier alpha value is -1.22. The van der Waals surface area contributed by atoms with E-state index in [1.807, 2.05) is 6.92 Å². The van der Waals surface area contributed by atoms with Crippen LogP contribution in [-0.4, -0.2) is 36.8 Å². The second kappa shape index (κ2) is 5.28. The number of nitrogens with two attached hydrogens (primary N) is 1. The minimum atomic E-state index is -3.87. The van der Waals surface area contributed by atoms with Crippen LogP contribution in [0.15, 0.2) is 23.1 Å². The molecule has 0 amide bonds. The van der Waals surface area contributed by atoms with Gasteiger partial charge in [-0.2, -0.15) is 4.31 Å². The first kappa shape index (κ1) is 15.2. The molecule has 1 aromatic rings. The van der Waals surface area contributed by atoms with Gasteiger partial charge in [0.15, 0.2) is 0 Å². The number of non-ortho nitro benzene ring substituents is 1. The molecule has 0 bridgehead atoms. The molecule has 1 heterocycles. The lowest BCUT2D eigenvalue weighted by Gasteiger charge is -2.16. The Bertz CT molecular complexity index is 639. The number of halogens is 1. The fourth-order valence-corrected chi connectivity index (χ4v) is 4.16. The van der Waals surface area contributed by atoms with Crippen molar-refractivity contribution in [1.82, 2.24) is 4.31 Å². The van der Waals surface area contributed by atoms with Gasteiger partial charge in [-0.25, -0.2) is 8.42 Å². The summed E-state index contributed by atoms with van der Waals surface area (Å²) in [6, 6.07) is 3.11. The van der Waals surface area contributed by atoms with Crippen LogP contribution < -0.4 is 5.73 Å². The fourth-order valence-electron chi connectivity index (χ4n) is 2.08. The van der Waals surface area contributed by atoms with E-state index in [1.165, 1.54) is 16.4 Å². The Balaban J connectivity index is 2.44. The van der Waals surface area contributed by atoms with Crippen LogP contribution >= 0.6 is 11.6 Å². The third kappa shape index (κ3) is 2.64. The third-order valence-corrected chi connectivity index (χ3v) is 5.69. The molecule has 0 aliphatic carbocycles. The van der Waals surface area contributed by atoms with Crippen LogP contribution in [0.1, 0.15) is 6.92 Å². The lowest BCUT2D eigenvalue weighted by molar-refractivity contribution is -0.385. The molecule has 2 atom stereocenters. The second-order valence-corrected chi connectivity index (χ2v) is 7.15. The highest BCUT2D eigenvalue weighted by Gasteiger charge is 2.36. The number of rotatable bonds is 3. The van der Waals surface area contributed by atoms with E-state index in [0.29, 0.717) is 0 Å². The van der Waals surface area contributed by atoms with Gasteiger partial charge in [-0.3, -0.25) is 10.1 Å². The first-order valence-electron chi connectivity index (χ1n) is 5.93. The van der Waals surface area contributed by atoms with Crippen molar-refractivity contribution in [3.05, 3.63) is 33.3 Å². The van der Waals surface area contributed by atoms with E-state index in [1.54, 1.807) is 0 Å². The minimum absolute atomic E-state index is 0.0299. The molecule has 20 heavy (non-hydrogen) atoms. The Labute approximate surface area is 121 Å². The van der Waals surface area contributed by atoms with Crippen molar-refractivity contribution in [3.8, 4) is 0 Å². The molecular formula is C11H14ClN3O4S. The van der Waals surface area contributed by atoms with Crippen molar-refractivity contribution in [2.24, 2.45) is 11.7 Å². The summed E-state index contributed by atoms with van der Waals surface area (Å²) in [6.45, 7) is 2.32. The van der Waals surface area contributed by atoms with Gasteiger partial charge in [0.1, 0.15) is 4.90 Å². The zero-order chi connectivity index (χ0) is 15.1. The first-order valence-corrected chi connectivity index (χ1v) is 7.75. The van der Waals surface area contributed by atoms with Crippen molar-refractivity contribution < 1.29 is 13.3 Å². The molecule has 1 saturated heterocycles. The molecule has 0 aromatic heterocycles. The van der Waals surface area contributed by atoms with Gasteiger partial charge in [-0.1, -0.05) is 18.5 Å². The summed E-state index contributed by atoms with van der Waals surface area (Å²) >= 11 is 5.88. The molecule has 2 unspecified atom stereocenters. The molecule has 2 N–H and O–H groups in total. The summed E-state index contributed by atoms with van der Waals surface area (Å²) in [7, 11) is -3.87. The Morgan fingerprint density at radius 2 is 2.10 bits per heavy atom. The summed E-state index contributed by atoms with van der Waals surface area (Å²) in [6.07, 6.45) is 0. The van der Waals surface area contributed by atoms with Crippen molar-refractivity contribution in [2.75, 3.05) is 13.1 Å².